The van der Waals surface area contributed by atoms with Gasteiger partial charge in [0, 0.05) is 30.7 Å². The van der Waals surface area contributed by atoms with Gasteiger partial charge in [-0.3, -0.25) is 0 Å². The van der Waals surface area contributed by atoms with Gasteiger partial charge in [0.2, 0.25) is 10.0 Å². The van der Waals surface area contributed by atoms with E-state index in [9.17, 15) is 21.6 Å². The quantitative estimate of drug-likeness (QED) is 0.851. The minimum atomic E-state index is -4.49. The summed E-state index contributed by atoms with van der Waals surface area (Å²) in [6.07, 6.45) is -1.03. The van der Waals surface area contributed by atoms with Crippen LogP contribution in [0.25, 0.3) is 0 Å². The van der Waals surface area contributed by atoms with E-state index < -0.39 is 21.8 Å². The topological polar surface area (TPSA) is 62.3 Å². The van der Waals surface area contributed by atoms with Crippen LogP contribution in [0.3, 0.4) is 0 Å². The second-order valence-corrected chi connectivity index (χ2v) is 8.32. The van der Waals surface area contributed by atoms with Crippen LogP contribution in [0, 0.1) is 0 Å². The van der Waals surface area contributed by atoms with Crippen molar-refractivity contribution in [1.29, 1.82) is 0 Å². The van der Waals surface area contributed by atoms with E-state index in [2.05, 4.69) is 14.6 Å². The van der Waals surface area contributed by atoms with Crippen LogP contribution in [0.5, 0.6) is 0 Å². The maximum Gasteiger partial charge on any atom is 0.416 e. The highest BCUT2D eigenvalue weighted by Crippen LogP contribution is 2.30. The van der Waals surface area contributed by atoms with Crippen LogP contribution in [0.4, 0.5) is 18.3 Å². The Morgan fingerprint density at radius 2 is 2.00 bits per heavy atom. The van der Waals surface area contributed by atoms with E-state index in [1.165, 1.54) is 11.3 Å². The molecule has 0 radical (unpaired) electrons. The second kappa shape index (κ2) is 6.93. The Morgan fingerprint density at radius 1 is 1.28 bits per heavy atom. The SMILES string of the molecule is O=S(=O)(NCC1CCCN1c1nccs1)c1ccc(C(F)(F)F)cc1. The molecule has 1 unspecified atom stereocenters. The van der Waals surface area contributed by atoms with E-state index in [-0.39, 0.29) is 17.5 Å². The largest absolute Gasteiger partial charge is 0.416 e. The lowest BCUT2D eigenvalue weighted by Crippen LogP contribution is -2.40. The molecule has 25 heavy (non-hydrogen) atoms. The molecule has 2 heterocycles. The molecule has 10 heteroatoms. The number of thiazole rings is 1. The number of benzene rings is 1. The minimum absolute atomic E-state index is 0.0182. The zero-order chi connectivity index (χ0) is 18.1. The molecule has 2 aromatic rings. The van der Waals surface area contributed by atoms with Gasteiger partial charge in [0.1, 0.15) is 0 Å². The van der Waals surface area contributed by atoms with Gasteiger partial charge in [0.15, 0.2) is 5.13 Å². The average Bonchev–Trinajstić information content (AvgIpc) is 3.23. The Hall–Kier alpha value is -1.65. The Labute approximate surface area is 147 Å². The molecule has 3 rings (SSSR count). The summed E-state index contributed by atoms with van der Waals surface area (Å²) in [5, 5.41) is 2.70. The zero-order valence-corrected chi connectivity index (χ0v) is 14.7. The highest BCUT2D eigenvalue weighted by molar-refractivity contribution is 7.89. The number of anilines is 1. The summed E-state index contributed by atoms with van der Waals surface area (Å²) in [5.74, 6) is 0. The van der Waals surface area contributed by atoms with Crippen molar-refractivity contribution < 1.29 is 21.6 Å². The van der Waals surface area contributed by atoms with Gasteiger partial charge in [0.05, 0.1) is 10.5 Å². The van der Waals surface area contributed by atoms with Crippen LogP contribution in [0.2, 0.25) is 0 Å². The van der Waals surface area contributed by atoms with Crippen LogP contribution in [-0.2, 0) is 16.2 Å². The summed E-state index contributed by atoms with van der Waals surface area (Å²) in [4.78, 5) is 6.12. The number of sulfonamides is 1. The average molecular weight is 391 g/mol. The van der Waals surface area contributed by atoms with Gasteiger partial charge in [-0.1, -0.05) is 0 Å². The van der Waals surface area contributed by atoms with E-state index in [1.54, 1.807) is 6.20 Å². The molecular weight excluding hydrogens is 375 g/mol. The van der Waals surface area contributed by atoms with Gasteiger partial charge in [-0.2, -0.15) is 13.2 Å². The molecule has 0 spiro atoms. The third-order valence-electron chi connectivity index (χ3n) is 4.04. The van der Waals surface area contributed by atoms with E-state index in [4.69, 9.17) is 0 Å². The first kappa shape index (κ1) is 18.2. The first-order valence-corrected chi connectivity index (χ1v) is 9.97. The van der Waals surface area contributed by atoms with Gasteiger partial charge in [-0.25, -0.2) is 18.1 Å². The predicted molar refractivity (Wildman–Crippen MR) is 89.1 cm³/mol. The third-order valence-corrected chi connectivity index (χ3v) is 6.29. The number of rotatable bonds is 5. The predicted octanol–water partition coefficient (Wildman–Crippen LogP) is 3.11. The lowest BCUT2D eigenvalue weighted by Gasteiger charge is -2.24. The van der Waals surface area contributed by atoms with Gasteiger partial charge in [-0.15, -0.1) is 11.3 Å². The smallest absolute Gasteiger partial charge is 0.344 e. The molecule has 0 aliphatic carbocycles. The molecule has 0 amide bonds. The summed E-state index contributed by atoms with van der Waals surface area (Å²) >= 11 is 1.49. The monoisotopic (exact) mass is 391 g/mol. The fraction of sp³-hybridized carbons (Fsp3) is 0.400. The molecule has 1 aliphatic rings. The van der Waals surface area contributed by atoms with E-state index in [0.717, 1.165) is 48.8 Å². The molecule has 1 aromatic carbocycles. The Bertz CT molecular complexity index is 806. The van der Waals surface area contributed by atoms with Gasteiger partial charge >= 0.3 is 6.18 Å². The van der Waals surface area contributed by atoms with Crippen molar-refractivity contribution in [1.82, 2.24) is 9.71 Å². The molecule has 136 valence electrons. The summed E-state index contributed by atoms with van der Waals surface area (Å²) < 4.78 is 64.8. The molecule has 1 atom stereocenters. The first-order valence-electron chi connectivity index (χ1n) is 7.60. The standard InChI is InChI=1S/C15H16F3N3O2S2/c16-15(17,18)11-3-5-13(6-4-11)25(22,23)20-10-12-2-1-8-21(12)14-19-7-9-24-14/h3-7,9,12,20H,1-2,8,10H2. The molecule has 0 bridgehead atoms. The number of hydrogen-bond donors (Lipinski definition) is 1. The second-order valence-electron chi connectivity index (χ2n) is 5.68. The van der Waals surface area contributed by atoms with Gasteiger partial charge < -0.3 is 4.90 Å². The van der Waals surface area contributed by atoms with Crippen molar-refractivity contribution in [3.05, 3.63) is 41.4 Å². The minimum Gasteiger partial charge on any atom is -0.344 e. The molecule has 5 nitrogen and oxygen atoms in total. The third kappa shape index (κ3) is 4.13. The molecule has 1 aromatic heterocycles. The Kier molecular flexibility index (Phi) is 5.03. The van der Waals surface area contributed by atoms with Crippen molar-refractivity contribution >= 4 is 26.5 Å². The summed E-state index contributed by atoms with van der Waals surface area (Å²) in [6.45, 7) is 0.989. The Balaban J connectivity index is 1.67. The van der Waals surface area contributed by atoms with Gasteiger partial charge in [-0.05, 0) is 37.1 Å². The van der Waals surface area contributed by atoms with Crippen molar-refractivity contribution in [2.24, 2.45) is 0 Å². The summed E-state index contributed by atoms with van der Waals surface area (Å²) in [5.41, 5.74) is -0.878. The fourth-order valence-corrected chi connectivity index (χ4v) is 4.58. The lowest BCUT2D eigenvalue weighted by molar-refractivity contribution is -0.137. The van der Waals surface area contributed by atoms with E-state index in [1.807, 2.05) is 5.38 Å². The lowest BCUT2D eigenvalue weighted by atomic mass is 10.2. The van der Waals surface area contributed by atoms with Crippen molar-refractivity contribution in [3.8, 4) is 0 Å². The number of nitrogens with zero attached hydrogens (tertiary/aromatic N) is 2. The highest BCUT2D eigenvalue weighted by Gasteiger charge is 2.31. The van der Waals surface area contributed by atoms with E-state index in [0.29, 0.717) is 0 Å². The number of hydrogen-bond acceptors (Lipinski definition) is 5. The molecule has 1 saturated heterocycles. The number of aromatic nitrogens is 1. The fourth-order valence-electron chi connectivity index (χ4n) is 2.77. The number of nitrogens with one attached hydrogen (secondary N) is 1. The van der Waals surface area contributed by atoms with Crippen molar-refractivity contribution in [3.63, 3.8) is 0 Å². The number of alkyl halides is 3. The zero-order valence-electron chi connectivity index (χ0n) is 13.0. The number of halogens is 3. The van der Waals surface area contributed by atoms with Crippen LogP contribution in [0.15, 0.2) is 40.7 Å². The molecule has 1 fully saturated rings. The molecule has 1 N–H and O–H groups in total. The Morgan fingerprint density at radius 3 is 2.60 bits per heavy atom. The maximum absolute atomic E-state index is 12.6. The van der Waals surface area contributed by atoms with Crippen LogP contribution < -0.4 is 9.62 Å². The van der Waals surface area contributed by atoms with Crippen LogP contribution in [0.1, 0.15) is 18.4 Å². The van der Waals surface area contributed by atoms with Gasteiger partial charge in [0.25, 0.3) is 0 Å². The van der Waals surface area contributed by atoms with Crippen LogP contribution in [-0.4, -0.2) is 32.5 Å². The maximum atomic E-state index is 12.6. The molecular formula is C15H16F3N3O2S2. The summed E-state index contributed by atoms with van der Waals surface area (Å²) in [7, 11) is -3.86. The normalized spacial score (nSPS) is 18.7. The highest BCUT2D eigenvalue weighted by atomic mass is 32.2. The first-order chi connectivity index (χ1) is 11.8. The van der Waals surface area contributed by atoms with E-state index >= 15 is 0 Å². The van der Waals surface area contributed by atoms with Crippen LogP contribution >= 0.6 is 11.3 Å². The molecule has 0 saturated carbocycles. The molecule has 1 aliphatic heterocycles. The summed E-state index contributed by atoms with van der Waals surface area (Å²) in [6, 6.07) is 3.46. The van der Waals surface area contributed by atoms with Crippen molar-refractivity contribution in [2.45, 2.75) is 30.0 Å². The van der Waals surface area contributed by atoms with Crippen molar-refractivity contribution in [2.75, 3.05) is 18.0 Å².